The van der Waals surface area contributed by atoms with E-state index in [0.717, 1.165) is 28.6 Å². The van der Waals surface area contributed by atoms with Gasteiger partial charge in [-0.05, 0) is 42.8 Å². The molecule has 0 fully saturated rings. The van der Waals surface area contributed by atoms with Gasteiger partial charge in [0.25, 0.3) is 0 Å². The summed E-state index contributed by atoms with van der Waals surface area (Å²) in [6, 6.07) is 10.6. The van der Waals surface area contributed by atoms with Crippen LogP contribution in [-0.2, 0) is 17.4 Å². The predicted molar refractivity (Wildman–Crippen MR) is 97.8 cm³/mol. The molecule has 0 saturated carbocycles. The van der Waals surface area contributed by atoms with Gasteiger partial charge in [-0.3, -0.25) is 4.79 Å². The van der Waals surface area contributed by atoms with Gasteiger partial charge in [0, 0.05) is 30.4 Å². The van der Waals surface area contributed by atoms with Crippen LogP contribution in [0.25, 0.3) is 10.9 Å². The van der Waals surface area contributed by atoms with Gasteiger partial charge in [0.15, 0.2) is 0 Å². The zero-order chi connectivity index (χ0) is 19.6. The molecule has 4 nitrogen and oxygen atoms in total. The summed E-state index contributed by atoms with van der Waals surface area (Å²) >= 11 is 0. The molecule has 1 aromatic heterocycles. The maximum Gasteiger partial charge on any atom is 0.416 e. The van der Waals surface area contributed by atoms with E-state index >= 15 is 0 Å². The molecule has 0 aliphatic rings. The third-order valence-corrected chi connectivity index (χ3v) is 4.11. The van der Waals surface area contributed by atoms with E-state index in [4.69, 9.17) is 4.74 Å². The summed E-state index contributed by atoms with van der Waals surface area (Å²) in [5, 5.41) is 3.57. The molecule has 1 unspecified atom stereocenters. The lowest BCUT2D eigenvalue weighted by Gasteiger charge is -2.16. The first-order chi connectivity index (χ1) is 12.7. The summed E-state index contributed by atoms with van der Waals surface area (Å²) in [4.78, 5) is 14.3. The Labute approximate surface area is 154 Å². The molecule has 2 N–H and O–H groups in total. The van der Waals surface area contributed by atoms with E-state index in [2.05, 4.69) is 10.3 Å². The number of alkyl halides is 3. The average Bonchev–Trinajstić information content (AvgIpc) is 2.96. The van der Waals surface area contributed by atoms with Crippen molar-refractivity contribution in [1.29, 1.82) is 0 Å². The molecule has 0 bridgehead atoms. The summed E-state index contributed by atoms with van der Waals surface area (Å²) < 4.78 is 43.8. The normalized spacial score (nSPS) is 12.8. The second-order valence-corrected chi connectivity index (χ2v) is 6.42. The van der Waals surface area contributed by atoms with E-state index in [1.807, 2.05) is 19.1 Å². The summed E-state index contributed by atoms with van der Waals surface area (Å²) in [6.45, 7) is 3.29. The number of carbonyl (C=O) groups is 1. The number of hydrogen-bond donors (Lipinski definition) is 2. The highest BCUT2D eigenvalue weighted by Gasteiger charge is 2.29. The van der Waals surface area contributed by atoms with Crippen molar-refractivity contribution in [1.82, 2.24) is 4.98 Å². The van der Waals surface area contributed by atoms with Crippen molar-refractivity contribution >= 4 is 22.5 Å². The molecule has 0 saturated heterocycles. The Morgan fingerprint density at radius 1 is 1.19 bits per heavy atom. The Morgan fingerprint density at radius 2 is 1.89 bits per heavy atom. The summed E-state index contributed by atoms with van der Waals surface area (Å²) in [5.74, 6) is 0.450. The topological polar surface area (TPSA) is 54.1 Å². The molecule has 0 radical (unpaired) electrons. The highest BCUT2D eigenvalue weighted by molar-refractivity contribution is 6.01. The zero-order valence-corrected chi connectivity index (χ0v) is 14.9. The van der Waals surface area contributed by atoms with E-state index in [0.29, 0.717) is 17.9 Å². The minimum absolute atomic E-state index is 0.169. The molecule has 3 rings (SSSR count). The molecule has 0 aliphatic heterocycles. The molecular formula is C20H19F3N2O2. The molecule has 142 valence electrons. The summed E-state index contributed by atoms with van der Waals surface area (Å²) in [7, 11) is 0. The van der Waals surface area contributed by atoms with E-state index in [1.54, 1.807) is 12.3 Å². The highest BCUT2D eigenvalue weighted by Crippen LogP contribution is 2.30. The van der Waals surface area contributed by atoms with Crippen molar-refractivity contribution in [2.24, 2.45) is 0 Å². The van der Waals surface area contributed by atoms with Crippen molar-refractivity contribution in [2.75, 3.05) is 5.32 Å². The number of aromatic nitrogens is 1. The summed E-state index contributed by atoms with van der Waals surface area (Å²) in [5.41, 5.74) is 1.63. The van der Waals surface area contributed by atoms with Gasteiger partial charge in [0.1, 0.15) is 5.75 Å². The summed E-state index contributed by atoms with van der Waals surface area (Å²) in [6.07, 6.45) is -2.39. The number of fused-ring (bicyclic) bond motifs is 1. The van der Waals surface area contributed by atoms with Crippen molar-refractivity contribution in [3.63, 3.8) is 0 Å². The smallest absolute Gasteiger partial charge is 0.416 e. The SMILES string of the molecule is CC(=O)Nc1c[nH]c2ccc(OC(C)Cc3ccc(C(F)(F)F)cc3)cc12. The Bertz CT molecular complexity index is 946. The molecule has 7 heteroatoms. The molecule has 1 heterocycles. The van der Waals surface area contributed by atoms with Gasteiger partial charge in [0.05, 0.1) is 17.4 Å². The van der Waals surface area contributed by atoms with Crippen LogP contribution in [0.2, 0.25) is 0 Å². The molecule has 27 heavy (non-hydrogen) atoms. The van der Waals surface area contributed by atoms with E-state index in [-0.39, 0.29) is 12.0 Å². The fourth-order valence-electron chi connectivity index (χ4n) is 2.90. The van der Waals surface area contributed by atoms with Crippen LogP contribution in [0.5, 0.6) is 5.75 Å². The maximum absolute atomic E-state index is 12.6. The van der Waals surface area contributed by atoms with Gasteiger partial charge in [-0.2, -0.15) is 13.2 Å². The van der Waals surface area contributed by atoms with Crippen LogP contribution >= 0.6 is 0 Å². The fourth-order valence-corrected chi connectivity index (χ4v) is 2.90. The van der Waals surface area contributed by atoms with Gasteiger partial charge in [0.2, 0.25) is 5.91 Å². The molecule has 0 aliphatic carbocycles. The third kappa shape index (κ3) is 4.61. The monoisotopic (exact) mass is 376 g/mol. The average molecular weight is 376 g/mol. The van der Waals surface area contributed by atoms with Crippen LogP contribution in [0.1, 0.15) is 25.0 Å². The molecule has 1 atom stereocenters. The van der Waals surface area contributed by atoms with Crippen molar-refractivity contribution in [2.45, 2.75) is 32.5 Å². The molecule has 1 amide bonds. The Balaban J connectivity index is 1.70. The van der Waals surface area contributed by atoms with Crippen LogP contribution in [0.15, 0.2) is 48.7 Å². The number of halogens is 3. The van der Waals surface area contributed by atoms with Crippen molar-refractivity contribution in [3.8, 4) is 5.75 Å². The van der Waals surface area contributed by atoms with Gasteiger partial charge in [-0.25, -0.2) is 0 Å². The number of benzene rings is 2. The fraction of sp³-hybridized carbons (Fsp3) is 0.250. The largest absolute Gasteiger partial charge is 0.490 e. The van der Waals surface area contributed by atoms with Crippen molar-refractivity contribution < 1.29 is 22.7 Å². The second-order valence-electron chi connectivity index (χ2n) is 6.42. The highest BCUT2D eigenvalue weighted by atomic mass is 19.4. The number of H-pyrrole nitrogens is 1. The Morgan fingerprint density at radius 3 is 2.52 bits per heavy atom. The number of hydrogen-bond acceptors (Lipinski definition) is 2. The molecule has 0 spiro atoms. The quantitative estimate of drug-likeness (QED) is 0.647. The molecule has 2 aromatic carbocycles. The van der Waals surface area contributed by atoms with Crippen LogP contribution < -0.4 is 10.1 Å². The van der Waals surface area contributed by atoms with E-state index in [9.17, 15) is 18.0 Å². The molecule has 3 aromatic rings. The number of amides is 1. The van der Waals surface area contributed by atoms with Gasteiger partial charge < -0.3 is 15.0 Å². The standard InChI is InChI=1S/C20H19F3N2O2/c1-12(9-14-3-5-15(6-4-14)20(21,22)23)27-16-7-8-18-17(10-16)19(11-24-18)25-13(2)26/h3-8,10-12,24H,9H2,1-2H3,(H,25,26). The van der Waals surface area contributed by atoms with Crippen LogP contribution in [0, 0.1) is 0 Å². The second kappa shape index (κ2) is 7.34. The van der Waals surface area contributed by atoms with Gasteiger partial charge in [-0.1, -0.05) is 12.1 Å². The Hall–Kier alpha value is -2.96. The minimum atomic E-state index is -4.34. The van der Waals surface area contributed by atoms with E-state index in [1.165, 1.54) is 19.1 Å². The lowest BCUT2D eigenvalue weighted by Crippen LogP contribution is -2.15. The van der Waals surface area contributed by atoms with Gasteiger partial charge in [-0.15, -0.1) is 0 Å². The number of carbonyl (C=O) groups excluding carboxylic acids is 1. The first kappa shape index (κ1) is 18.8. The lowest BCUT2D eigenvalue weighted by molar-refractivity contribution is -0.137. The van der Waals surface area contributed by atoms with Crippen molar-refractivity contribution in [3.05, 3.63) is 59.8 Å². The maximum atomic E-state index is 12.6. The predicted octanol–water partition coefficient (Wildman–Crippen LogP) is 5.16. The zero-order valence-electron chi connectivity index (χ0n) is 14.9. The van der Waals surface area contributed by atoms with Gasteiger partial charge >= 0.3 is 6.18 Å². The number of ether oxygens (including phenoxy) is 1. The van der Waals surface area contributed by atoms with Crippen LogP contribution in [0.3, 0.4) is 0 Å². The number of aromatic amines is 1. The number of nitrogens with one attached hydrogen (secondary N) is 2. The lowest BCUT2D eigenvalue weighted by atomic mass is 10.1. The molecular weight excluding hydrogens is 357 g/mol. The van der Waals surface area contributed by atoms with Crippen LogP contribution in [-0.4, -0.2) is 17.0 Å². The number of anilines is 1. The minimum Gasteiger partial charge on any atom is -0.490 e. The number of rotatable bonds is 5. The first-order valence-corrected chi connectivity index (χ1v) is 8.44. The van der Waals surface area contributed by atoms with E-state index < -0.39 is 11.7 Å². The Kier molecular flexibility index (Phi) is 5.12. The third-order valence-electron chi connectivity index (χ3n) is 4.11. The first-order valence-electron chi connectivity index (χ1n) is 8.44. The van der Waals surface area contributed by atoms with Crippen LogP contribution in [0.4, 0.5) is 18.9 Å².